The highest BCUT2D eigenvalue weighted by Crippen LogP contribution is 2.40. The Bertz CT molecular complexity index is 496. The van der Waals surface area contributed by atoms with Crippen LogP contribution in [0.5, 0.6) is 5.75 Å². The van der Waals surface area contributed by atoms with Crippen molar-refractivity contribution < 1.29 is 15.0 Å². The number of phenols is 1. The lowest BCUT2D eigenvalue weighted by Crippen LogP contribution is -2.18. The lowest BCUT2D eigenvalue weighted by atomic mass is 9.78. The van der Waals surface area contributed by atoms with Gasteiger partial charge in [0.1, 0.15) is 5.75 Å². The zero-order chi connectivity index (χ0) is 17.1. The maximum atomic E-state index is 10.7. The Labute approximate surface area is 134 Å². The number of hydrogen-bond donors (Lipinski definition) is 2. The molecule has 2 N–H and O–H groups in total. The average Bonchev–Trinajstić information content (AvgIpc) is 2.33. The Morgan fingerprint density at radius 3 is 1.77 bits per heavy atom. The van der Waals surface area contributed by atoms with E-state index in [-0.39, 0.29) is 17.3 Å². The van der Waals surface area contributed by atoms with Crippen LogP contribution in [0, 0.1) is 0 Å². The van der Waals surface area contributed by atoms with Crippen LogP contribution in [-0.2, 0) is 22.0 Å². The summed E-state index contributed by atoms with van der Waals surface area (Å²) in [6.07, 6.45) is 2.60. The number of phenolic OH excluding ortho intramolecular Hbond substituents is 1. The summed E-state index contributed by atoms with van der Waals surface area (Å²) in [5.41, 5.74) is 2.86. The van der Waals surface area contributed by atoms with Gasteiger partial charge in [-0.25, -0.2) is 0 Å². The van der Waals surface area contributed by atoms with Gasteiger partial charge < -0.3 is 10.2 Å². The molecule has 0 heterocycles. The number of aliphatic carboxylic acids is 1. The molecule has 0 fully saturated rings. The first-order valence-corrected chi connectivity index (χ1v) is 8.01. The molecular weight excluding hydrogens is 276 g/mol. The van der Waals surface area contributed by atoms with Crippen molar-refractivity contribution in [1.82, 2.24) is 0 Å². The Kier molecular flexibility index (Phi) is 5.66. The first kappa shape index (κ1) is 18.5. The van der Waals surface area contributed by atoms with Crippen molar-refractivity contribution in [1.29, 1.82) is 0 Å². The van der Waals surface area contributed by atoms with Crippen molar-refractivity contribution in [3.8, 4) is 5.75 Å². The van der Waals surface area contributed by atoms with Crippen molar-refractivity contribution in [3.63, 3.8) is 0 Å². The van der Waals surface area contributed by atoms with Crippen LogP contribution in [0.3, 0.4) is 0 Å². The second kappa shape index (κ2) is 6.72. The SMILES string of the molecule is CC(C)(C)c1cc(CCCCC(=O)O)cc(C(C)(C)C)c1O. The molecule has 0 aromatic heterocycles. The number of unbranched alkanes of at least 4 members (excludes halogenated alkanes) is 1. The van der Waals surface area contributed by atoms with Gasteiger partial charge in [-0.15, -0.1) is 0 Å². The van der Waals surface area contributed by atoms with Crippen LogP contribution in [0.1, 0.15) is 77.5 Å². The van der Waals surface area contributed by atoms with Gasteiger partial charge >= 0.3 is 5.97 Å². The minimum Gasteiger partial charge on any atom is -0.507 e. The third-order valence-corrected chi connectivity index (χ3v) is 3.89. The highest BCUT2D eigenvalue weighted by molar-refractivity contribution is 5.66. The Hall–Kier alpha value is -1.51. The number of aryl methyl sites for hydroxylation is 1. The summed E-state index contributed by atoms with van der Waals surface area (Å²) in [6, 6.07) is 4.15. The van der Waals surface area contributed by atoms with Crippen LogP contribution in [0.2, 0.25) is 0 Å². The topological polar surface area (TPSA) is 57.5 Å². The zero-order valence-corrected chi connectivity index (χ0v) is 14.8. The monoisotopic (exact) mass is 306 g/mol. The lowest BCUT2D eigenvalue weighted by molar-refractivity contribution is -0.137. The third kappa shape index (κ3) is 5.04. The molecule has 0 saturated heterocycles. The molecule has 3 nitrogen and oxygen atoms in total. The quantitative estimate of drug-likeness (QED) is 0.769. The number of carboxylic acid groups (broad SMARTS) is 1. The van der Waals surface area contributed by atoms with Crippen LogP contribution >= 0.6 is 0 Å². The molecule has 0 bridgehead atoms. The van der Waals surface area contributed by atoms with Gasteiger partial charge in [-0.05, 0) is 46.8 Å². The van der Waals surface area contributed by atoms with E-state index in [1.165, 1.54) is 5.56 Å². The predicted molar refractivity (Wildman–Crippen MR) is 90.7 cm³/mol. The van der Waals surface area contributed by atoms with E-state index in [9.17, 15) is 9.90 Å². The maximum absolute atomic E-state index is 10.7. The summed E-state index contributed by atoms with van der Waals surface area (Å²) in [6.45, 7) is 12.6. The second-order valence-corrected chi connectivity index (χ2v) is 8.14. The van der Waals surface area contributed by atoms with E-state index in [0.29, 0.717) is 12.2 Å². The molecule has 0 saturated carbocycles. The molecule has 22 heavy (non-hydrogen) atoms. The molecule has 0 aliphatic heterocycles. The van der Waals surface area contributed by atoms with Crippen molar-refractivity contribution in [2.45, 2.75) is 78.1 Å². The molecule has 0 unspecified atom stereocenters. The first-order valence-electron chi connectivity index (χ1n) is 8.01. The van der Waals surface area contributed by atoms with Gasteiger partial charge in [0.05, 0.1) is 0 Å². The van der Waals surface area contributed by atoms with E-state index >= 15 is 0 Å². The Morgan fingerprint density at radius 2 is 1.41 bits per heavy atom. The molecular formula is C19H30O3. The lowest BCUT2D eigenvalue weighted by Gasteiger charge is -2.28. The van der Waals surface area contributed by atoms with Crippen molar-refractivity contribution in [3.05, 3.63) is 28.8 Å². The van der Waals surface area contributed by atoms with Crippen molar-refractivity contribution in [2.24, 2.45) is 0 Å². The number of carbonyl (C=O) groups is 1. The van der Waals surface area contributed by atoms with Gasteiger partial charge in [0.25, 0.3) is 0 Å². The molecule has 0 aliphatic rings. The van der Waals surface area contributed by atoms with Crippen LogP contribution < -0.4 is 0 Å². The summed E-state index contributed by atoms with van der Waals surface area (Å²) in [4.78, 5) is 10.6. The zero-order valence-electron chi connectivity index (χ0n) is 14.8. The fraction of sp³-hybridized carbons (Fsp3) is 0.632. The second-order valence-electron chi connectivity index (χ2n) is 8.14. The summed E-state index contributed by atoms with van der Waals surface area (Å²) < 4.78 is 0. The van der Waals surface area contributed by atoms with E-state index in [1.807, 2.05) is 0 Å². The van der Waals surface area contributed by atoms with E-state index in [1.54, 1.807) is 0 Å². The van der Waals surface area contributed by atoms with Crippen LogP contribution in [0.25, 0.3) is 0 Å². The number of benzene rings is 1. The van der Waals surface area contributed by atoms with Crippen LogP contribution in [-0.4, -0.2) is 16.2 Å². The van der Waals surface area contributed by atoms with E-state index in [0.717, 1.165) is 24.0 Å². The summed E-state index contributed by atoms with van der Waals surface area (Å²) in [7, 11) is 0. The minimum absolute atomic E-state index is 0.124. The van der Waals surface area contributed by atoms with Gasteiger partial charge in [0.15, 0.2) is 0 Å². The molecule has 124 valence electrons. The number of rotatable bonds is 5. The smallest absolute Gasteiger partial charge is 0.303 e. The molecule has 0 spiro atoms. The summed E-state index contributed by atoms with van der Waals surface area (Å²) in [5.74, 6) is -0.342. The molecule has 0 amide bonds. The molecule has 1 aromatic rings. The van der Waals surface area contributed by atoms with Crippen molar-refractivity contribution >= 4 is 5.97 Å². The van der Waals surface area contributed by atoms with Crippen LogP contribution in [0.15, 0.2) is 12.1 Å². The van der Waals surface area contributed by atoms with Gasteiger partial charge in [-0.3, -0.25) is 4.79 Å². The summed E-state index contributed by atoms with van der Waals surface area (Å²) >= 11 is 0. The fourth-order valence-electron chi connectivity index (χ4n) is 2.59. The van der Waals surface area contributed by atoms with E-state index in [4.69, 9.17) is 5.11 Å². The Balaban J connectivity index is 3.10. The van der Waals surface area contributed by atoms with Gasteiger partial charge in [-0.1, -0.05) is 53.7 Å². The normalized spacial score (nSPS) is 12.5. The van der Waals surface area contributed by atoms with Gasteiger partial charge in [-0.2, -0.15) is 0 Å². The van der Waals surface area contributed by atoms with E-state index < -0.39 is 5.97 Å². The minimum atomic E-state index is -0.739. The summed E-state index contributed by atoms with van der Waals surface area (Å²) in [5, 5.41) is 19.4. The largest absolute Gasteiger partial charge is 0.507 e. The molecule has 0 atom stereocenters. The maximum Gasteiger partial charge on any atom is 0.303 e. The third-order valence-electron chi connectivity index (χ3n) is 3.89. The molecule has 0 radical (unpaired) electrons. The number of aromatic hydroxyl groups is 1. The molecule has 1 aromatic carbocycles. The highest BCUT2D eigenvalue weighted by atomic mass is 16.4. The molecule has 3 heteroatoms. The predicted octanol–water partition coefficient (Wildman–Crippen LogP) is 4.78. The fourth-order valence-corrected chi connectivity index (χ4v) is 2.59. The number of hydrogen-bond acceptors (Lipinski definition) is 2. The number of carboxylic acids is 1. The van der Waals surface area contributed by atoms with Gasteiger partial charge in [0.2, 0.25) is 0 Å². The average molecular weight is 306 g/mol. The Morgan fingerprint density at radius 1 is 0.955 bits per heavy atom. The highest BCUT2D eigenvalue weighted by Gasteiger charge is 2.26. The van der Waals surface area contributed by atoms with Gasteiger partial charge in [0, 0.05) is 6.42 Å². The standard InChI is InChI=1S/C19H30O3/c1-18(2,3)14-11-13(9-7-8-10-16(20)21)12-15(17(14)22)19(4,5)6/h11-12,22H,7-10H2,1-6H3,(H,20,21). The van der Waals surface area contributed by atoms with Crippen molar-refractivity contribution in [2.75, 3.05) is 0 Å². The van der Waals surface area contributed by atoms with Crippen LogP contribution in [0.4, 0.5) is 0 Å². The molecule has 1 rings (SSSR count). The van der Waals surface area contributed by atoms with E-state index in [2.05, 4.69) is 53.7 Å². The first-order chi connectivity index (χ1) is 9.93. The molecule has 0 aliphatic carbocycles.